The van der Waals surface area contributed by atoms with Gasteiger partial charge in [-0.2, -0.15) is 0 Å². The maximum Gasteiger partial charge on any atom is 0.137 e. The van der Waals surface area contributed by atoms with Crippen molar-refractivity contribution in [2.45, 2.75) is 0 Å². The maximum atomic E-state index is 6.47. The fourth-order valence-corrected chi connectivity index (χ4v) is 3.07. The van der Waals surface area contributed by atoms with Gasteiger partial charge in [0.25, 0.3) is 0 Å². The molecule has 1 aliphatic heterocycles. The zero-order valence-electron chi connectivity index (χ0n) is 11.3. The zero-order chi connectivity index (χ0) is 14.2. The van der Waals surface area contributed by atoms with Crippen LogP contribution in [0.25, 0.3) is 5.16 Å². The highest BCUT2D eigenvalue weighted by molar-refractivity contribution is 6.44. The van der Waals surface area contributed by atoms with E-state index in [2.05, 4.69) is 41.4 Å². The summed E-state index contributed by atoms with van der Waals surface area (Å²) >= 11 is 6.47. The van der Waals surface area contributed by atoms with E-state index in [-0.39, 0.29) is 0 Å². The van der Waals surface area contributed by atoms with Gasteiger partial charge < -0.3 is 0 Å². The van der Waals surface area contributed by atoms with E-state index in [1.165, 1.54) is 10.4 Å². The van der Waals surface area contributed by atoms with Crippen LogP contribution in [0.15, 0.2) is 77.8 Å². The lowest BCUT2D eigenvalue weighted by Gasteiger charge is -2.00. The fourth-order valence-electron chi connectivity index (χ4n) is 2.82. The second-order valence-electron chi connectivity index (χ2n) is 5.01. The molecule has 3 aromatic carbocycles. The Bertz CT molecular complexity index is 1150. The zero-order valence-corrected chi connectivity index (χ0v) is 12.0. The number of para-hydroxylation sites is 1. The van der Waals surface area contributed by atoms with Crippen molar-refractivity contribution in [2.24, 2.45) is 4.99 Å². The van der Waals surface area contributed by atoms with Crippen molar-refractivity contribution in [2.75, 3.05) is 0 Å². The van der Waals surface area contributed by atoms with E-state index in [4.69, 9.17) is 11.6 Å². The van der Waals surface area contributed by atoms with E-state index in [9.17, 15) is 0 Å². The molecule has 100 valence electrons. The van der Waals surface area contributed by atoms with Crippen molar-refractivity contribution in [3.8, 4) is 0 Å². The molecule has 0 N–H and O–H groups in total. The molecule has 21 heavy (non-hydrogen) atoms. The van der Waals surface area contributed by atoms with Gasteiger partial charge in [-0.05, 0) is 21.7 Å². The molecular formula is C19H12ClN. The van der Waals surface area contributed by atoms with Gasteiger partial charge in [0.15, 0.2) is 0 Å². The van der Waals surface area contributed by atoms with Crippen LogP contribution in [0.1, 0.15) is 0 Å². The lowest BCUT2D eigenvalue weighted by atomic mass is 10.1. The number of hydrogen-bond acceptors (Lipinski definition) is 1. The Kier molecular flexibility index (Phi) is 2.87. The smallest absolute Gasteiger partial charge is 0.137 e. The van der Waals surface area contributed by atoms with Gasteiger partial charge in [0.1, 0.15) is 5.16 Å². The van der Waals surface area contributed by atoms with Crippen LogP contribution >= 0.6 is 11.6 Å². The molecule has 1 nitrogen and oxygen atoms in total. The quantitative estimate of drug-likeness (QED) is 0.564. The molecule has 4 rings (SSSR count). The molecular weight excluding hydrogens is 278 g/mol. The van der Waals surface area contributed by atoms with Gasteiger partial charge in [-0.25, -0.2) is 4.99 Å². The predicted molar refractivity (Wildman–Crippen MR) is 84.7 cm³/mol. The Morgan fingerprint density at radius 1 is 0.524 bits per heavy atom. The summed E-state index contributed by atoms with van der Waals surface area (Å²) < 4.78 is 0. The van der Waals surface area contributed by atoms with Crippen molar-refractivity contribution in [1.29, 1.82) is 0 Å². The maximum absolute atomic E-state index is 6.47. The standard InChI is InChI=1S/C19H12ClN/c20-19-17-11-4-3-9-15(17)13-7-1-2-8-14(13)16-10-5-6-12-18(16)21-19/h1-12H. The molecule has 0 bridgehead atoms. The Hall–Kier alpha value is -2.38. The summed E-state index contributed by atoms with van der Waals surface area (Å²) in [6.07, 6.45) is 0. The topological polar surface area (TPSA) is 12.4 Å². The molecule has 0 fully saturated rings. The van der Waals surface area contributed by atoms with Crippen molar-refractivity contribution in [1.82, 2.24) is 0 Å². The number of benzene rings is 3. The predicted octanol–water partition coefficient (Wildman–Crippen LogP) is 3.20. The molecule has 2 heteroatoms. The molecule has 0 saturated carbocycles. The third kappa shape index (κ3) is 1.98. The van der Waals surface area contributed by atoms with Gasteiger partial charge in [0.2, 0.25) is 0 Å². The molecule has 0 atom stereocenters. The molecule has 0 unspecified atom stereocenters. The second-order valence-corrected chi connectivity index (χ2v) is 5.37. The Morgan fingerprint density at radius 2 is 0.952 bits per heavy atom. The number of rotatable bonds is 0. The minimum Gasteiger partial charge on any atom is -0.235 e. The molecule has 0 amide bonds. The monoisotopic (exact) mass is 289 g/mol. The van der Waals surface area contributed by atoms with Crippen molar-refractivity contribution < 1.29 is 0 Å². The largest absolute Gasteiger partial charge is 0.235 e. The summed E-state index contributed by atoms with van der Waals surface area (Å²) in [7, 11) is 0. The average Bonchev–Trinajstić information content (AvgIpc) is 2.54. The highest BCUT2D eigenvalue weighted by Gasteiger charge is 2.00. The molecule has 0 saturated heterocycles. The van der Waals surface area contributed by atoms with Gasteiger partial charge >= 0.3 is 0 Å². The van der Waals surface area contributed by atoms with Crippen LogP contribution in [-0.2, 0) is 0 Å². The molecule has 0 aromatic heterocycles. The summed E-state index contributed by atoms with van der Waals surface area (Å²) in [4.78, 5) is 4.62. The first-order valence-electron chi connectivity index (χ1n) is 6.87. The average molecular weight is 290 g/mol. The summed E-state index contributed by atoms with van der Waals surface area (Å²) in [5.41, 5.74) is 0. The van der Waals surface area contributed by atoms with Crippen LogP contribution in [0.5, 0.6) is 0 Å². The van der Waals surface area contributed by atoms with E-state index < -0.39 is 0 Å². The SMILES string of the molecule is ClC1=c2ccccc2=c2ccccc2=c2ccccc2=N1. The fraction of sp³-hybridized carbons (Fsp3) is 0. The number of hydrogen-bond donors (Lipinski definition) is 0. The van der Waals surface area contributed by atoms with Crippen LogP contribution < -0.4 is 10.6 Å². The van der Waals surface area contributed by atoms with Gasteiger partial charge in [-0.3, -0.25) is 0 Å². The molecule has 0 aliphatic carbocycles. The van der Waals surface area contributed by atoms with E-state index in [1.807, 2.05) is 36.4 Å². The first kappa shape index (κ1) is 12.4. The molecule has 0 spiro atoms. The van der Waals surface area contributed by atoms with Crippen LogP contribution in [0.4, 0.5) is 0 Å². The van der Waals surface area contributed by atoms with Gasteiger partial charge in [0, 0.05) is 10.4 Å². The number of fused-ring (bicyclic) bond motifs is 3. The van der Waals surface area contributed by atoms with Crippen LogP contribution in [0.3, 0.4) is 0 Å². The minimum absolute atomic E-state index is 0.535. The van der Waals surface area contributed by atoms with E-state index in [0.29, 0.717) is 5.16 Å². The third-order valence-electron chi connectivity index (χ3n) is 3.78. The minimum atomic E-state index is 0.535. The van der Waals surface area contributed by atoms with Gasteiger partial charge in [-0.15, -0.1) is 0 Å². The molecule has 1 aliphatic rings. The lowest BCUT2D eigenvalue weighted by Crippen LogP contribution is -2.11. The lowest BCUT2D eigenvalue weighted by molar-refractivity contribution is 1.26. The Labute approximate surface area is 126 Å². The highest BCUT2D eigenvalue weighted by Crippen LogP contribution is 2.06. The van der Waals surface area contributed by atoms with Crippen LogP contribution in [0.2, 0.25) is 0 Å². The number of nitrogens with zero attached hydrogens (tertiary/aromatic N) is 1. The second kappa shape index (κ2) is 4.87. The van der Waals surface area contributed by atoms with Crippen molar-refractivity contribution >= 4 is 16.8 Å². The highest BCUT2D eigenvalue weighted by atomic mass is 35.5. The van der Waals surface area contributed by atoms with E-state index >= 15 is 0 Å². The molecule has 3 aromatic rings. The van der Waals surface area contributed by atoms with Crippen LogP contribution in [0, 0.1) is 20.9 Å². The molecule has 0 radical (unpaired) electrons. The Balaban J connectivity index is 2.59. The Morgan fingerprint density at radius 3 is 1.62 bits per heavy atom. The first-order valence-corrected chi connectivity index (χ1v) is 7.25. The summed E-state index contributed by atoms with van der Waals surface area (Å²) in [6.45, 7) is 0. The molecule has 1 heterocycles. The van der Waals surface area contributed by atoms with Crippen molar-refractivity contribution in [3.63, 3.8) is 0 Å². The third-order valence-corrected chi connectivity index (χ3v) is 4.07. The van der Waals surface area contributed by atoms with Gasteiger partial charge in [0.05, 0.1) is 5.36 Å². The van der Waals surface area contributed by atoms with Gasteiger partial charge in [-0.1, -0.05) is 78.3 Å². The summed E-state index contributed by atoms with van der Waals surface area (Å²) in [6, 6.07) is 24.7. The van der Waals surface area contributed by atoms with E-state index in [0.717, 1.165) is 21.0 Å². The van der Waals surface area contributed by atoms with E-state index in [1.54, 1.807) is 0 Å². The van der Waals surface area contributed by atoms with Crippen LogP contribution in [-0.4, -0.2) is 0 Å². The normalized spacial score (nSPS) is 12.3. The number of halogens is 1. The first-order chi connectivity index (χ1) is 10.3. The summed E-state index contributed by atoms with van der Waals surface area (Å²) in [5.74, 6) is 0. The van der Waals surface area contributed by atoms with Crippen molar-refractivity contribution in [3.05, 3.63) is 104 Å². The summed E-state index contributed by atoms with van der Waals surface area (Å²) in [5, 5.41) is 7.03.